The molecule has 0 saturated carbocycles. The van der Waals surface area contributed by atoms with Crippen LogP contribution in [-0.4, -0.2) is 48.4 Å². The fraction of sp³-hybridized carbons (Fsp3) is 0.333. The molecule has 3 aromatic rings. The number of thiazole rings is 1. The molecule has 1 N–H and O–H groups in total. The molecular weight excluding hydrogens is 446 g/mol. The van der Waals surface area contributed by atoms with Gasteiger partial charge in [0.2, 0.25) is 0 Å². The Hall–Kier alpha value is -2.71. The second kappa shape index (κ2) is 11.2. The SMILES string of the molecule is CCOc1ccc(-c2nc(-c3cc(CCSC)c(OC)c(C(=O)O)c3)cs2)cc1OCC. The van der Waals surface area contributed by atoms with E-state index in [9.17, 15) is 9.90 Å². The summed E-state index contributed by atoms with van der Waals surface area (Å²) in [7, 11) is 1.51. The molecule has 2 aromatic carbocycles. The van der Waals surface area contributed by atoms with Gasteiger partial charge in [-0.2, -0.15) is 11.8 Å². The Morgan fingerprint density at radius 1 is 1.09 bits per heavy atom. The van der Waals surface area contributed by atoms with Gasteiger partial charge in [-0.25, -0.2) is 9.78 Å². The van der Waals surface area contributed by atoms with Gasteiger partial charge < -0.3 is 19.3 Å². The Kier molecular flexibility index (Phi) is 8.41. The molecule has 0 unspecified atom stereocenters. The second-order valence-corrected chi connectivity index (χ2v) is 8.67. The van der Waals surface area contributed by atoms with E-state index in [2.05, 4.69) is 0 Å². The van der Waals surface area contributed by atoms with Crippen LogP contribution < -0.4 is 14.2 Å². The first-order valence-electron chi connectivity index (χ1n) is 10.3. The number of rotatable bonds is 11. The van der Waals surface area contributed by atoms with Crippen molar-refractivity contribution in [2.75, 3.05) is 32.3 Å². The first-order valence-corrected chi connectivity index (χ1v) is 12.6. The van der Waals surface area contributed by atoms with Crippen LogP contribution in [-0.2, 0) is 6.42 Å². The largest absolute Gasteiger partial charge is 0.496 e. The highest BCUT2D eigenvalue weighted by Gasteiger charge is 2.19. The predicted octanol–water partition coefficient (Wildman–Crippen LogP) is 5.89. The number of carbonyl (C=O) groups is 1. The molecule has 0 atom stereocenters. The number of aromatic nitrogens is 1. The van der Waals surface area contributed by atoms with Gasteiger partial charge in [-0.15, -0.1) is 11.3 Å². The lowest BCUT2D eigenvalue weighted by atomic mass is 10.0. The zero-order valence-corrected chi connectivity index (χ0v) is 20.3. The standard InChI is InChI=1S/C24H27NO5S2/c1-5-29-20-8-7-16(13-21(20)30-6-2)23-25-19(14-32-23)17-11-15(9-10-31-4)22(28-3)18(12-17)24(26)27/h7-8,11-14H,5-6,9-10H2,1-4H3,(H,26,27). The van der Waals surface area contributed by atoms with Gasteiger partial charge >= 0.3 is 5.97 Å². The lowest BCUT2D eigenvalue weighted by Crippen LogP contribution is -2.05. The molecule has 0 aliphatic carbocycles. The number of aryl methyl sites for hydroxylation is 1. The summed E-state index contributed by atoms with van der Waals surface area (Å²) in [5, 5.41) is 12.5. The molecule has 3 rings (SSSR count). The van der Waals surface area contributed by atoms with Gasteiger partial charge in [-0.05, 0) is 68.2 Å². The molecule has 8 heteroatoms. The third kappa shape index (κ3) is 5.37. The van der Waals surface area contributed by atoms with Crippen molar-refractivity contribution in [1.29, 1.82) is 0 Å². The van der Waals surface area contributed by atoms with Crippen molar-refractivity contribution in [2.24, 2.45) is 0 Å². The van der Waals surface area contributed by atoms with Crippen molar-refractivity contribution in [1.82, 2.24) is 4.98 Å². The van der Waals surface area contributed by atoms with Crippen molar-refractivity contribution in [2.45, 2.75) is 20.3 Å². The van der Waals surface area contributed by atoms with Crippen molar-refractivity contribution in [3.05, 3.63) is 46.8 Å². The molecule has 1 heterocycles. The van der Waals surface area contributed by atoms with E-state index in [4.69, 9.17) is 19.2 Å². The maximum Gasteiger partial charge on any atom is 0.339 e. The Balaban J connectivity index is 2.01. The fourth-order valence-corrected chi connectivity index (χ4v) is 4.61. The van der Waals surface area contributed by atoms with Crippen molar-refractivity contribution in [3.63, 3.8) is 0 Å². The number of ether oxygens (including phenoxy) is 3. The molecule has 0 bridgehead atoms. The molecule has 0 spiro atoms. The quantitative estimate of drug-likeness (QED) is 0.372. The van der Waals surface area contributed by atoms with Crippen molar-refractivity contribution in [3.8, 4) is 39.1 Å². The van der Waals surface area contributed by atoms with Crippen molar-refractivity contribution >= 4 is 29.1 Å². The number of hydrogen-bond donors (Lipinski definition) is 1. The highest BCUT2D eigenvalue weighted by Crippen LogP contribution is 2.37. The summed E-state index contributed by atoms with van der Waals surface area (Å²) in [6.45, 7) is 4.96. The minimum atomic E-state index is -1.02. The molecule has 0 radical (unpaired) electrons. The Morgan fingerprint density at radius 3 is 2.50 bits per heavy atom. The first-order chi connectivity index (χ1) is 15.5. The molecule has 0 amide bonds. The predicted molar refractivity (Wildman–Crippen MR) is 131 cm³/mol. The van der Waals surface area contributed by atoms with Crippen LogP contribution in [0, 0.1) is 0 Å². The number of thioether (sulfide) groups is 1. The van der Waals surface area contributed by atoms with Crippen LogP contribution in [0.25, 0.3) is 21.8 Å². The number of nitrogens with zero attached hydrogens (tertiary/aromatic N) is 1. The average molecular weight is 474 g/mol. The number of carboxylic acid groups (broad SMARTS) is 1. The topological polar surface area (TPSA) is 77.9 Å². The Labute approximate surface area is 196 Å². The monoisotopic (exact) mass is 473 g/mol. The van der Waals surface area contributed by atoms with Gasteiger partial charge in [0, 0.05) is 16.5 Å². The maximum atomic E-state index is 11.9. The number of aromatic carboxylic acids is 1. The maximum absolute atomic E-state index is 11.9. The summed E-state index contributed by atoms with van der Waals surface area (Å²) in [6.07, 6.45) is 2.74. The molecule has 170 valence electrons. The van der Waals surface area contributed by atoms with Crippen LogP contribution in [0.15, 0.2) is 35.7 Å². The van der Waals surface area contributed by atoms with E-state index in [0.717, 1.165) is 33.1 Å². The van der Waals surface area contributed by atoms with E-state index in [1.807, 2.05) is 49.7 Å². The zero-order valence-electron chi connectivity index (χ0n) is 18.6. The summed E-state index contributed by atoms with van der Waals surface area (Å²) >= 11 is 3.21. The fourth-order valence-electron chi connectivity index (χ4n) is 3.36. The zero-order chi connectivity index (χ0) is 23.1. The van der Waals surface area contributed by atoms with Crippen LogP contribution in [0.4, 0.5) is 0 Å². The number of carboxylic acids is 1. The van der Waals surface area contributed by atoms with Gasteiger partial charge in [0.05, 0.1) is 26.0 Å². The molecule has 32 heavy (non-hydrogen) atoms. The molecular formula is C24H27NO5S2. The molecule has 0 fully saturated rings. The summed E-state index contributed by atoms with van der Waals surface area (Å²) in [6, 6.07) is 9.38. The summed E-state index contributed by atoms with van der Waals surface area (Å²) in [5.74, 6) is 1.65. The highest BCUT2D eigenvalue weighted by molar-refractivity contribution is 7.98. The van der Waals surface area contributed by atoms with Gasteiger partial charge in [0.25, 0.3) is 0 Å². The third-order valence-corrected chi connectivity index (χ3v) is 6.27. The van der Waals surface area contributed by atoms with Crippen LogP contribution in [0.2, 0.25) is 0 Å². The van der Waals surface area contributed by atoms with Gasteiger partial charge in [-0.3, -0.25) is 0 Å². The van der Waals surface area contributed by atoms with Crippen molar-refractivity contribution < 1.29 is 24.1 Å². The lowest BCUT2D eigenvalue weighted by Gasteiger charge is -2.13. The smallest absolute Gasteiger partial charge is 0.339 e. The van der Waals surface area contributed by atoms with E-state index < -0.39 is 5.97 Å². The van der Waals surface area contributed by atoms with Crippen LogP contribution in [0.3, 0.4) is 0 Å². The first kappa shape index (κ1) is 23.9. The molecule has 1 aromatic heterocycles. The van der Waals surface area contributed by atoms with Crippen LogP contribution in [0.1, 0.15) is 29.8 Å². The van der Waals surface area contributed by atoms with Gasteiger partial charge in [-0.1, -0.05) is 0 Å². The molecule has 0 aliphatic rings. The van der Waals surface area contributed by atoms with E-state index in [-0.39, 0.29) is 5.56 Å². The minimum absolute atomic E-state index is 0.148. The summed E-state index contributed by atoms with van der Waals surface area (Å²) in [4.78, 5) is 16.7. The lowest BCUT2D eigenvalue weighted by molar-refractivity contribution is 0.0693. The normalized spacial score (nSPS) is 10.8. The summed E-state index contributed by atoms with van der Waals surface area (Å²) < 4.78 is 16.8. The second-order valence-electron chi connectivity index (χ2n) is 6.83. The molecule has 0 aliphatic heterocycles. The third-order valence-electron chi connectivity index (χ3n) is 4.77. The Bertz CT molecular complexity index is 1080. The average Bonchev–Trinajstić information content (AvgIpc) is 3.28. The van der Waals surface area contributed by atoms with E-state index in [1.54, 1.807) is 17.8 Å². The number of methoxy groups -OCH3 is 1. The van der Waals surface area contributed by atoms with Crippen LogP contribution in [0.5, 0.6) is 17.2 Å². The van der Waals surface area contributed by atoms with Gasteiger partial charge in [0.15, 0.2) is 11.5 Å². The number of benzene rings is 2. The highest BCUT2D eigenvalue weighted by atomic mass is 32.2. The van der Waals surface area contributed by atoms with E-state index in [0.29, 0.717) is 36.9 Å². The molecule has 6 nitrogen and oxygen atoms in total. The van der Waals surface area contributed by atoms with E-state index in [1.165, 1.54) is 18.4 Å². The van der Waals surface area contributed by atoms with E-state index >= 15 is 0 Å². The van der Waals surface area contributed by atoms with Gasteiger partial charge in [0.1, 0.15) is 16.3 Å². The minimum Gasteiger partial charge on any atom is -0.496 e. The Morgan fingerprint density at radius 2 is 1.84 bits per heavy atom. The number of hydrogen-bond acceptors (Lipinski definition) is 7. The summed E-state index contributed by atoms with van der Waals surface area (Å²) in [5.41, 5.74) is 3.43. The molecule has 0 saturated heterocycles. The van der Waals surface area contributed by atoms with Crippen LogP contribution >= 0.6 is 23.1 Å².